The number of benzene rings is 3. The second kappa shape index (κ2) is 15.2. The Labute approximate surface area is 269 Å². The van der Waals surface area contributed by atoms with Crippen molar-refractivity contribution in [3.05, 3.63) is 108 Å². The largest absolute Gasteiger partial charge is 0.390 e. The molecule has 0 saturated heterocycles. The molecular formula is C36H42N4O4S. The topological polar surface area (TPSA) is 120 Å². The van der Waals surface area contributed by atoms with Crippen LogP contribution in [0.3, 0.4) is 0 Å². The molecule has 4 rings (SSSR count). The van der Waals surface area contributed by atoms with Crippen LogP contribution in [0.5, 0.6) is 0 Å². The molecule has 0 unspecified atom stereocenters. The van der Waals surface area contributed by atoms with Crippen molar-refractivity contribution in [3.63, 3.8) is 0 Å². The van der Waals surface area contributed by atoms with Crippen LogP contribution in [0.15, 0.2) is 95.9 Å². The van der Waals surface area contributed by atoms with Crippen molar-refractivity contribution in [2.24, 2.45) is 5.92 Å². The lowest BCUT2D eigenvalue weighted by Crippen LogP contribution is -2.55. The van der Waals surface area contributed by atoms with Crippen LogP contribution in [-0.2, 0) is 11.2 Å². The number of carbonyl (C=O) groups is 3. The van der Waals surface area contributed by atoms with Crippen LogP contribution in [0.4, 0.5) is 0 Å². The van der Waals surface area contributed by atoms with Gasteiger partial charge in [-0.05, 0) is 62.9 Å². The Morgan fingerprint density at radius 1 is 0.822 bits per heavy atom. The number of thioether (sulfide) groups is 1. The molecule has 0 aliphatic rings. The van der Waals surface area contributed by atoms with Gasteiger partial charge in [0.25, 0.3) is 11.8 Å². The van der Waals surface area contributed by atoms with Gasteiger partial charge in [-0.2, -0.15) is 0 Å². The molecule has 3 aromatic carbocycles. The van der Waals surface area contributed by atoms with E-state index in [1.165, 1.54) is 11.8 Å². The predicted octanol–water partition coefficient (Wildman–Crippen LogP) is 5.40. The van der Waals surface area contributed by atoms with E-state index in [1.807, 2.05) is 113 Å². The van der Waals surface area contributed by atoms with E-state index < -0.39 is 35.5 Å². The van der Waals surface area contributed by atoms with E-state index >= 15 is 0 Å². The molecule has 9 heteroatoms. The minimum absolute atomic E-state index is 0.189. The van der Waals surface area contributed by atoms with Crippen molar-refractivity contribution in [2.75, 3.05) is 5.75 Å². The van der Waals surface area contributed by atoms with Gasteiger partial charge in [0.1, 0.15) is 11.7 Å². The zero-order chi connectivity index (χ0) is 32.6. The Morgan fingerprint density at radius 2 is 1.49 bits per heavy atom. The lowest BCUT2D eigenvalue weighted by molar-refractivity contribution is -0.125. The molecule has 0 bridgehead atoms. The Bertz CT molecular complexity index is 1620. The summed E-state index contributed by atoms with van der Waals surface area (Å²) in [5.41, 5.74) is 1.99. The SMILES string of the molecule is CC(C)[C@H](NC(=O)c1ccc2ccccc2n1)C(=O)N[C@@H](Cc1ccccc1)[C@@H](O)CSc1ccccc1C(=O)NC(C)(C)C. The molecule has 0 spiro atoms. The summed E-state index contributed by atoms with van der Waals surface area (Å²) in [4.78, 5) is 45.1. The van der Waals surface area contributed by atoms with Crippen molar-refractivity contribution >= 4 is 40.4 Å². The number of fused-ring (bicyclic) bond motifs is 1. The van der Waals surface area contributed by atoms with Crippen LogP contribution in [0.1, 0.15) is 61.0 Å². The summed E-state index contributed by atoms with van der Waals surface area (Å²) >= 11 is 1.36. The van der Waals surface area contributed by atoms with E-state index in [1.54, 1.807) is 12.1 Å². The van der Waals surface area contributed by atoms with Crippen molar-refractivity contribution in [2.45, 2.75) is 69.7 Å². The summed E-state index contributed by atoms with van der Waals surface area (Å²) in [7, 11) is 0. The average molecular weight is 627 g/mol. The molecule has 0 aliphatic heterocycles. The number of rotatable bonds is 12. The highest BCUT2D eigenvalue weighted by molar-refractivity contribution is 7.99. The Hall–Kier alpha value is -4.21. The van der Waals surface area contributed by atoms with Crippen molar-refractivity contribution in [1.29, 1.82) is 0 Å². The van der Waals surface area contributed by atoms with E-state index in [9.17, 15) is 19.5 Å². The maximum atomic E-state index is 13.7. The van der Waals surface area contributed by atoms with Crippen molar-refractivity contribution < 1.29 is 19.5 Å². The zero-order valence-corrected chi connectivity index (χ0v) is 27.2. The number of carbonyl (C=O) groups excluding carboxylic acids is 3. The summed E-state index contributed by atoms with van der Waals surface area (Å²) in [5, 5.41) is 21.2. The Balaban J connectivity index is 1.49. The molecule has 3 amide bonds. The minimum Gasteiger partial charge on any atom is -0.390 e. The molecule has 0 fully saturated rings. The van der Waals surface area contributed by atoms with Gasteiger partial charge in [0.05, 0.1) is 23.2 Å². The summed E-state index contributed by atoms with van der Waals surface area (Å²) in [6.45, 7) is 9.48. The summed E-state index contributed by atoms with van der Waals surface area (Å²) in [6, 6.07) is 26.4. The average Bonchev–Trinajstić information content (AvgIpc) is 3.01. The molecule has 1 heterocycles. The van der Waals surface area contributed by atoms with Gasteiger partial charge in [-0.1, -0.05) is 80.6 Å². The number of para-hydroxylation sites is 1. The number of hydrogen-bond acceptors (Lipinski definition) is 6. The summed E-state index contributed by atoms with van der Waals surface area (Å²) in [5.74, 6) is -1.03. The number of aliphatic hydroxyl groups excluding tert-OH is 1. The third-order valence-corrected chi connectivity index (χ3v) is 8.36. The third-order valence-electron chi connectivity index (χ3n) is 7.19. The highest BCUT2D eigenvalue weighted by Crippen LogP contribution is 2.25. The normalized spacial score (nSPS) is 13.6. The molecule has 8 nitrogen and oxygen atoms in total. The van der Waals surface area contributed by atoms with E-state index in [4.69, 9.17) is 0 Å². The van der Waals surface area contributed by atoms with Gasteiger partial charge in [0.15, 0.2) is 0 Å². The van der Waals surface area contributed by atoms with Gasteiger partial charge in [-0.15, -0.1) is 11.8 Å². The van der Waals surface area contributed by atoms with Gasteiger partial charge in [-0.3, -0.25) is 14.4 Å². The highest BCUT2D eigenvalue weighted by atomic mass is 32.2. The molecule has 236 valence electrons. The van der Waals surface area contributed by atoms with E-state index in [0.717, 1.165) is 15.8 Å². The molecule has 1 aromatic heterocycles. The molecule has 0 aliphatic carbocycles. The number of aliphatic hydroxyl groups is 1. The van der Waals surface area contributed by atoms with Gasteiger partial charge >= 0.3 is 0 Å². The molecule has 3 atom stereocenters. The third kappa shape index (κ3) is 9.64. The lowest BCUT2D eigenvalue weighted by Gasteiger charge is -2.28. The first kappa shape index (κ1) is 33.7. The fourth-order valence-electron chi connectivity index (χ4n) is 4.85. The second-order valence-electron chi connectivity index (χ2n) is 12.5. The molecular weight excluding hydrogens is 584 g/mol. The molecule has 0 radical (unpaired) electrons. The summed E-state index contributed by atoms with van der Waals surface area (Å²) < 4.78 is 0. The number of aromatic nitrogens is 1. The first-order valence-electron chi connectivity index (χ1n) is 15.1. The molecule has 0 saturated carbocycles. The molecule has 45 heavy (non-hydrogen) atoms. The van der Waals surface area contributed by atoms with Crippen LogP contribution in [-0.4, -0.2) is 57.3 Å². The van der Waals surface area contributed by atoms with Gasteiger partial charge in [0.2, 0.25) is 5.91 Å². The van der Waals surface area contributed by atoms with Crippen LogP contribution in [0.2, 0.25) is 0 Å². The van der Waals surface area contributed by atoms with Gasteiger partial charge in [0, 0.05) is 21.6 Å². The van der Waals surface area contributed by atoms with Crippen LogP contribution in [0.25, 0.3) is 10.9 Å². The number of pyridine rings is 1. The number of nitrogens with one attached hydrogen (secondary N) is 3. The smallest absolute Gasteiger partial charge is 0.270 e. The number of amides is 3. The summed E-state index contributed by atoms with van der Waals surface area (Å²) in [6.07, 6.45) is -0.575. The monoisotopic (exact) mass is 626 g/mol. The van der Waals surface area contributed by atoms with Crippen molar-refractivity contribution in [1.82, 2.24) is 20.9 Å². The fraction of sp³-hybridized carbons (Fsp3) is 0.333. The Morgan fingerprint density at radius 3 is 2.20 bits per heavy atom. The minimum atomic E-state index is -0.955. The first-order valence-corrected chi connectivity index (χ1v) is 16.1. The van der Waals surface area contributed by atoms with E-state index in [2.05, 4.69) is 20.9 Å². The molecule has 4 N–H and O–H groups in total. The first-order chi connectivity index (χ1) is 21.4. The van der Waals surface area contributed by atoms with E-state index in [-0.39, 0.29) is 23.3 Å². The highest BCUT2D eigenvalue weighted by Gasteiger charge is 2.30. The van der Waals surface area contributed by atoms with Crippen molar-refractivity contribution in [3.8, 4) is 0 Å². The maximum Gasteiger partial charge on any atom is 0.270 e. The molecule has 4 aromatic rings. The fourth-order valence-corrected chi connectivity index (χ4v) is 5.92. The second-order valence-corrected chi connectivity index (χ2v) is 13.5. The quantitative estimate of drug-likeness (QED) is 0.156. The zero-order valence-electron chi connectivity index (χ0n) is 26.4. The van der Waals surface area contributed by atoms with Gasteiger partial charge < -0.3 is 21.1 Å². The maximum absolute atomic E-state index is 13.7. The lowest BCUT2D eigenvalue weighted by atomic mass is 9.99. The van der Waals surface area contributed by atoms with Crippen LogP contribution in [0, 0.1) is 5.92 Å². The van der Waals surface area contributed by atoms with E-state index in [0.29, 0.717) is 17.5 Å². The van der Waals surface area contributed by atoms with Crippen LogP contribution < -0.4 is 16.0 Å². The van der Waals surface area contributed by atoms with Crippen LogP contribution >= 0.6 is 11.8 Å². The Kier molecular flexibility index (Phi) is 11.4. The number of hydrogen-bond donors (Lipinski definition) is 4. The number of nitrogens with zero attached hydrogens (tertiary/aromatic N) is 1. The van der Waals surface area contributed by atoms with Gasteiger partial charge in [-0.25, -0.2) is 4.98 Å². The predicted molar refractivity (Wildman–Crippen MR) is 180 cm³/mol. The standard InChI is InChI=1S/C36H42N4O4S/c1-23(2)32(39-34(43)28-20-19-25-15-9-11-17-27(25)37-28)35(44)38-29(21-24-13-7-6-8-14-24)30(41)22-45-31-18-12-10-16-26(31)33(42)40-36(3,4)5/h6-20,23,29-30,32,41H,21-22H2,1-5H3,(H,38,44)(H,39,43)(H,40,42)/t29-,30-,32-/m0/s1.